The van der Waals surface area contributed by atoms with Crippen molar-refractivity contribution in [2.45, 2.75) is 52.5 Å². The summed E-state index contributed by atoms with van der Waals surface area (Å²) in [7, 11) is 0. The molecule has 0 unspecified atom stereocenters. The molecule has 5 nitrogen and oxygen atoms in total. The summed E-state index contributed by atoms with van der Waals surface area (Å²) >= 11 is 0. The molecule has 0 spiro atoms. The average Bonchev–Trinajstić information content (AvgIpc) is 2.67. The molecule has 1 aliphatic heterocycles. The van der Waals surface area contributed by atoms with E-state index in [1.54, 1.807) is 11.5 Å². The molecule has 26 heavy (non-hydrogen) atoms. The van der Waals surface area contributed by atoms with E-state index in [1.807, 2.05) is 30.0 Å². The summed E-state index contributed by atoms with van der Waals surface area (Å²) in [4.78, 5) is 31.8. The molecule has 138 valence electrons. The molecule has 2 aromatic rings. The third-order valence-corrected chi connectivity index (χ3v) is 6.25. The molecule has 2 fully saturated rings. The lowest BCUT2D eigenvalue weighted by molar-refractivity contribution is 0.0521. The topological polar surface area (TPSA) is 55.2 Å². The molecule has 1 saturated heterocycles. The van der Waals surface area contributed by atoms with Gasteiger partial charge in [0.15, 0.2) is 0 Å². The minimum absolute atomic E-state index is 0.0570. The smallest absolute Gasteiger partial charge is 0.272 e. The van der Waals surface area contributed by atoms with E-state index in [2.05, 4.69) is 4.98 Å². The Morgan fingerprint density at radius 2 is 1.96 bits per heavy atom. The van der Waals surface area contributed by atoms with Crippen molar-refractivity contribution >= 4 is 16.9 Å². The lowest BCUT2D eigenvalue weighted by Gasteiger charge is -2.41. The Morgan fingerprint density at radius 1 is 1.19 bits per heavy atom. The Hall–Kier alpha value is -2.17. The third kappa shape index (κ3) is 2.93. The number of carbonyl (C=O) groups is 1. The van der Waals surface area contributed by atoms with E-state index in [0.717, 1.165) is 36.5 Å². The van der Waals surface area contributed by atoms with Crippen LogP contribution in [-0.4, -0.2) is 33.4 Å². The van der Waals surface area contributed by atoms with Crippen LogP contribution < -0.4 is 5.56 Å². The highest BCUT2D eigenvalue weighted by atomic mass is 16.2. The van der Waals surface area contributed by atoms with Gasteiger partial charge in [-0.2, -0.15) is 0 Å². The highest BCUT2D eigenvalue weighted by Gasteiger charge is 2.33. The van der Waals surface area contributed by atoms with E-state index in [-0.39, 0.29) is 11.5 Å². The first-order chi connectivity index (χ1) is 12.6. The van der Waals surface area contributed by atoms with Crippen LogP contribution in [0.25, 0.3) is 11.0 Å². The number of nitrogens with zero attached hydrogens (tertiary/aromatic N) is 3. The number of amides is 1. The van der Waals surface area contributed by atoms with Crippen molar-refractivity contribution in [2.75, 3.05) is 13.1 Å². The van der Waals surface area contributed by atoms with E-state index < -0.39 is 0 Å². The number of carbonyl (C=O) groups excluding carboxylic acids is 1. The first kappa shape index (κ1) is 17.3. The maximum absolute atomic E-state index is 13.1. The van der Waals surface area contributed by atoms with Crippen LogP contribution in [0.15, 0.2) is 23.0 Å². The van der Waals surface area contributed by atoms with Gasteiger partial charge in [-0.3, -0.25) is 9.59 Å². The zero-order chi connectivity index (χ0) is 18.3. The number of piperidine rings is 1. The van der Waals surface area contributed by atoms with Crippen LogP contribution in [0.1, 0.15) is 55.1 Å². The standard InChI is InChI=1S/C21H27N3O2/c1-3-24-19-9-8-16(12-18(19)22-14(2)20(24)25)21(26)23-11-10-15-6-4-5-7-17(15)13-23/h8-9,12,15,17H,3-7,10-11,13H2,1-2H3/t15-,17+/m0/s1. The van der Waals surface area contributed by atoms with Gasteiger partial charge >= 0.3 is 0 Å². The van der Waals surface area contributed by atoms with Crippen molar-refractivity contribution in [2.24, 2.45) is 11.8 Å². The second-order valence-corrected chi connectivity index (χ2v) is 7.79. The van der Waals surface area contributed by atoms with Gasteiger partial charge in [0.25, 0.3) is 11.5 Å². The van der Waals surface area contributed by atoms with Crippen LogP contribution in [0.3, 0.4) is 0 Å². The van der Waals surface area contributed by atoms with Gasteiger partial charge in [-0.05, 0) is 56.7 Å². The molecular weight excluding hydrogens is 326 g/mol. The summed E-state index contributed by atoms with van der Waals surface area (Å²) in [5.41, 5.74) is 2.62. The Labute approximate surface area is 154 Å². The normalized spacial score (nSPS) is 23.1. The summed E-state index contributed by atoms with van der Waals surface area (Å²) in [6, 6.07) is 5.57. The van der Waals surface area contributed by atoms with Crippen molar-refractivity contribution in [3.05, 3.63) is 39.8 Å². The van der Waals surface area contributed by atoms with Crippen molar-refractivity contribution in [3.63, 3.8) is 0 Å². The Kier molecular flexibility index (Phi) is 4.55. The number of rotatable bonds is 2. The summed E-state index contributed by atoms with van der Waals surface area (Å²) in [6.45, 7) is 6.03. The summed E-state index contributed by atoms with van der Waals surface area (Å²) in [5.74, 6) is 1.59. The Bertz CT molecular complexity index is 902. The molecule has 0 bridgehead atoms. The molecule has 1 aromatic carbocycles. The number of benzene rings is 1. The van der Waals surface area contributed by atoms with Gasteiger partial charge in [0.1, 0.15) is 5.69 Å². The molecule has 1 aromatic heterocycles. The van der Waals surface area contributed by atoms with Gasteiger partial charge in [-0.25, -0.2) is 4.98 Å². The number of aryl methyl sites for hydroxylation is 2. The third-order valence-electron chi connectivity index (χ3n) is 6.25. The number of aromatic nitrogens is 2. The van der Waals surface area contributed by atoms with Gasteiger partial charge in [0.2, 0.25) is 0 Å². The second-order valence-electron chi connectivity index (χ2n) is 7.79. The number of hydrogen-bond donors (Lipinski definition) is 0. The lowest BCUT2D eigenvalue weighted by Crippen LogP contribution is -2.44. The highest BCUT2D eigenvalue weighted by Crippen LogP contribution is 2.36. The fourth-order valence-electron chi connectivity index (χ4n) is 4.79. The molecular formula is C21H27N3O2. The van der Waals surface area contributed by atoms with Gasteiger partial charge < -0.3 is 9.47 Å². The van der Waals surface area contributed by atoms with E-state index >= 15 is 0 Å². The van der Waals surface area contributed by atoms with E-state index in [0.29, 0.717) is 23.7 Å². The Morgan fingerprint density at radius 3 is 2.73 bits per heavy atom. The average molecular weight is 353 g/mol. The van der Waals surface area contributed by atoms with E-state index in [9.17, 15) is 9.59 Å². The summed E-state index contributed by atoms with van der Waals surface area (Å²) in [6.07, 6.45) is 6.38. The minimum Gasteiger partial charge on any atom is -0.338 e. The minimum atomic E-state index is -0.0570. The lowest BCUT2D eigenvalue weighted by atomic mass is 9.75. The van der Waals surface area contributed by atoms with Gasteiger partial charge in [-0.15, -0.1) is 0 Å². The first-order valence-electron chi connectivity index (χ1n) is 9.89. The maximum Gasteiger partial charge on any atom is 0.272 e. The molecule has 0 N–H and O–H groups in total. The molecule has 2 aliphatic rings. The van der Waals surface area contributed by atoms with Gasteiger partial charge in [-0.1, -0.05) is 19.3 Å². The largest absolute Gasteiger partial charge is 0.338 e. The number of hydrogen-bond acceptors (Lipinski definition) is 3. The number of fused-ring (bicyclic) bond motifs is 2. The van der Waals surface area contributed by atoms with Crippen LogP contribution in [-0.2, 0) is 6.54 Å². The second kappa shape index (κ2) is 6.86. The summed E-state index contributed by atoms with van der Waals surface area (Å²) < 4.78 is 1.72. The summed E-state index contributed by atoms with van der Waals surface area (Å²) in [5, 5.41) is 0. The number of likely N-dealkylation sites (tertiary alicyclic amines) is 1. The SMILES string of the molecule is CCn1c(=O)c(C)nc2cc(C(=O)N3CC[C@@H]4CCCC[C@@H]4C3)ccc21. The van der Waals surface area contributed by atoms with Crippen molar-refractivity contribution < 1.29 is 4.79 Å². The molecule has 1 amide bonds. The first-order valence-corrected chi connectivity index (χ1v) is 9.89. The molecule has 1 saturated carbocycles. The van der Waals surface area contributed by atoms with Gasteiger partial charge in [0.05, 0.1) is 11.0 Å². The van der Waals surface area contributed by atoms with E-state index in [1.165, 1.54) is 25.7 Å². The fourth-order valence-corrected chi connectivity index (χ4v) is 4.79. The maximum atomic E-state index is 13.1. The zero-order valence-electron chi connectivity index (χ0n) is 15.7. The van der Waals surface area contributed by atoms with Crippen LogP contribution in [0.5, 0.6) is 0 Å². The fraction of sp³-hybridized carbons (Fsp3) is 0.571. The molecule has 2 heterocycles. The molecule has 1 aliphatic carbocycles. The zero-order valence-corrected chi connectivity index (χ0v) is 15.7. The predicted octanol–water partition coefficient (Wildman–Crippen LogP) is 3.38. The van der Waals surface area contributed by atoms with Crippen molar-refractivity contribution in [1.82, 2.24) is 14.5 Å². The molecule has 5 heteroatoms. The van der Waals surface area contributed by atoms with Crippen LogP contribution in [0, 0.1) is 18.8 Å². The van der Waals surface area contributed by atoms with Crippen molar-refractivity contribution in [3.8, 4) is 0 Å². The van der Waals surface area contributed by atoms with Gasteiger partial charge in [0, 0.05) is 25.2 Å². The Balaban J connectivity index is 1.63. The quantitative estimate of drug-likeness (QED) is 0.832. The van der Waals surface area contributed by atoms with Crippen LogP contribution in [0.2, 0.25) is 0 Å². The molecule has 4 rings (SSSR count). The van der Waals surface area contributed by atoms with Crippen LogP contribution in [0.4, 0.5) is 0 Å². The monoisotopic (exact) mass is 353 g/mol. The van der Waals surface area contributed by atoms with Crippen molar-refractivity contribution in [1.29, 1.82) is 0 Å². The predicted molar refractivity (Wildman–Crippen MR) is 102 cm³/mol. The van der Waals surface area contributed by atoms with E-state index in [4.69, 9.17) is 0 Å². The van der Waals surface area contributed by atoms with Crippen LogP contribution >= 0.6 is 0 Å². The molecule has 0 radical (unpaired) electrons. The highest BCUT2D eigenvalue weighted by molar-refractivity contribution is 5.97. The molecule has 2 atom stereocenters.